The summed E-state index contributed by atoms with van der Waals surface area (Å²) in [6, 6.07) is 5.54. The standard InChI is InChI=1S/C12H14ClN3O/c1-2-3-6-17-8-4-5-9-10(7-8)15-12(13)16-11(9)14/h4-5,7H,2-3,6H2,1H3,(H2,14,15,16). The van der Waals surface area contributed by atoms with Crippen molar-refractivity contribution < 1.29 is 4.74 Å². The minimum atomic E-state index is 0.153. The molecule has 0 bridgehead atoms. The summed E-state index contributed by atoms with van der Waals surface area (Å²) in [5.74, 6) is 1.17. The van der Waals surface area contributed by atoms with E-state index >= 15 is 0 Å². The van der Waals surface area contributed by atoms with Gasteiger partial charge in [0.25, 0.3) is 0 Å². The van der Waals surface area contributed by atoms with Crippen LogP contribution in [0.4, 0.5) is 5.82 Å². The highest BCUT2D eigenvalue weighted by Gasteiger charge is 2.05. The zero-order valence-electron chi connectivity index (χ0n) is 9.61. The number of nitrogens with zero attached hydrogens (tertiary/aromatic N) is 2. The first-order valence-electron chi connectivity index (χ1n) is 5.56. The van der Waals surface area contributed by atoms with E-state index < -0.39 is 0 Å². The smallest absolute Gasteiger partial charge is 0.224 e. The van der Waals surface area contributed by atoms with Crippen LogP contribution >= 0.6 is 11.6 Å². The topological polar surface area (TPSA) is 61.0 Å². The predicted octanol–water partition coefficient (Wildman–Crippen LogP) is 3.04. The molecule has 17 heavy (non-hydrogen) atoms. The van der Waals surface area contributed by atoms with Gasteiger partial charge in [0.1, 0.15) is 11.6 Å². The molecule has 0 spiro atoms. The Balaban J connectivity index is 2.30. The van der Waals surface area contributed by atoms with E-state index in [1.54, 1.807) is 0 Å². The summed E-state index contributed by atoms with van der Waals surface area (Å²) < 4.78 is 5.59. The minimum absolute atomic E-state index is 0.153. The Labute approximate surface area is 105 Å². The van der Waals surface area contributed by atoms with Crippen LogP contribution in [0.1, 0.15) is 19.8 Å². The Morgan fingerprint density at radius 3 is 2.94 bits per heavy atom. The van der Waals surface area contributed by atoms with Crippen molar-refractivity contribution in [1.82, 2.24) is 9.97 Å². The summed E-state index contributed by atoms with van der Waals surface area (Å²) in [4.78, 5) is 8.02. The van der Waals surface area contributed by atoms with Gasteiger partial charge in [0.2, 0.25) is 5.28 Å². The van der Waals surface area contributed by atoms with Crippen molar-refractivity contribution in [1.29, 1.82) is 0 Å². The van der Waals surface area contributed by atoms with Gasteiger partial charge in [-0.3, -0.25) is 0 Å². The predicted molar refractivity (Wildman–Crippen MR) is 69.4 cm³/mol. The molecule has 1 aromatic heterocycles. The van der Waals surface area contributed by atoms with Gasteiger partial charge >= 0.3 is 0 Å². The molecule has 1 heterocycles. The van der Waals surface area contributed by atoms with Crippen LogP contribution < -0.4 is 10.5 Å². The van der Waals surface area contributed by atoms with E-state index in [2.05, 4.69) is 16.9 Å². The molecule has 0 aliphatic heterocycles. The van der Waals surface area contributed by atoms with Crippen molar-refractivity contribution in [2.24, 2.45) is 0 Å². The van der Waals surface area contributed by atoms with Crippen LogP contribution in [-0.2, 0) is 0 Å². The van der Waals surface area contributed by atoms with Crippen molar-refractivity contribution in [3.63, 3.8) is 0 Å². The summed E-state index contributed by atoms with van der Waals surface area (Å²) in [6.45, 7) is 2.83. The first-order chi connectivity index (χ1) is 8.20. The highest BCUT2D eigenvalue weighted by molar-refractivity contribution is 6.28. The van der Waals surface area contributed by atoms with E-state index in [1.165, 1.54) is 0 Å². The van der Waals surface area contributed by atoms with E-state index in [1.807, 2.05) is 18.2 Å². The van der Waals surface area contributed by atoms with Crippen molar-refractivity contribution in [3.8, 4) is 5.75 Å². The second-order valence-corrected chi connectivity index (χ2v) is 4.10. The molecule has 90 valence electrons. The van der Waals surface area contributed by atoms with Crippen LogP contribution in [0.5, 0.6) is 5.75 Å². The number of fused-ring (bicyclic) bond motifs is 1. The molecule has 1 aromatic carbocycles. The number of unbranched alkanes of at least 4 members (excludes halogenated alkanes) is 1. The molecule has 2 rings (SSSR count). The van der Waals surface area contributed by atoms with Crippen LogP contribution in [-0.4, -0.2) is 16.6 Å². The normalized spacial score (nSPS) is 10.7. The van der Waals surface area contributed by atoms with Gasteiger partial charge in [-0.25, -0.2) is 9.97 Å². The highest BCUT2D eigenvalue weighted by atomic mass is 35.5. The fourth-order valence-corrected chi connectivity index (χ4v) is 1.71. The average Bonchev–Trinajstić information content (AvgIpc) is 2.28. The van der Waals surface area contributed by atoms with E-state index in [0.717, 1.165) is 24.0 Å². The number of hydrogen-bond donors (Lipinski definition) is 1. The van der Waals surface area contributed by atoms with Gasteiger partial charge < -0.3 is 10.5 Å². The molecule has 0 aliphatic carbocycles. The lowest BCUT2D eigenvalue weighted by Gasteiger charge is -2.07. The molecule has 0 atom stereocenters. The maximum atomic E-state index is 5.76. The number of rotatable bonds is 4. The minimum Gasteiger partial charge on any atom is -0.494 e. The fourth-order valence-electron chi connectivity index (χ4n) is 1.53. The fraction of sp³-hybridized carbons (Fsp3) is 0.333. The molecule has 0 saturated carbocycles. The zero-order valence-corrected chi connectivity index (χ0v) is 10.4. The van der Waals surface area contributed by atoms with E-state index in [9.17, 15) is 0 Å². The monoisotopic (exact) mass is 251 g/mol. The molecule has 0 amide bonds. The Morgan fingerprint density at radius 2 is 2.18 bits per heavy atom. The molecule has 4 nitrogen and oxygen atoms in total. The third kappa shape index (κ3) is 2.77. The second kappa shape index (κ2) is 5.19. The van der Waals surface area contributed by atoms with Crippen molar-refractivity contribution in [2.75, 3.05) is 12.3 Å². The van der Waals surface area contributed by atoms with Gasteiger partial charge in [-0.05, 0) is 30.2 Å². The second-order valence-electron chi connectivity index (χ2n) is 3.76. The summed E-state index contributed by atoms with van der Waals surface area (Å²) in [6.07, 6.45) is 2.14. The molecule has 0 saturated heterocycles. The van der Waals surface area contributed by atoms with E-state index in [-0.39, 0.29) is 5.28 Å². The zero-order chi connectivity index (χ0) is 12.3. The number of anilines is 1. The Morgan fingerprint density at radius 1 is 1.35 bits per heavy atom. The summed E-state index contributed by atoms with van der Waals surface area (Å²) >= 11 is 5.76. The third-order valence-corrected chi connectivity index (χ3v) is 2.61. The molecular formula is C12H14ClN3O. The Bertz CT molecular complexity index is 530. The number of halogens is 1. The maximum absolute atomic E-state index is 5.76. The highest BCUT2D eigenvalue weighted by Crippen LogP contribution is 2.24. The quantitative estimate of drug-likeness (QED) is 0.670. The lowest BCUT2D eigenvalue weighted by molar-refractivity contribution is 0.310. The van der Waals surface area contributed by atoms with Gasteiger partial charge in [-0.1, -0.05) is 13.3 Å². The summed E-state index contributed by atoms with van der Waals surface area (Å²) in [7, 11) is 0. The van der Waals surface area contributed by atoms with E-state index in [0.29, 0.717) is 17.9 Å². The lowest BCUT2D eigenvalue weighted by atomic mass is 10.2. The molecule has 5 heteroatoms. The summed E-state index contributed by atoms with van der Waals surface area (Å²) in [5, 5.41) is 0.943. The first kappa shape index (κ1) is 11.9. The average molecular weight is 252 g/mol. The molecule has 0 fully saturated rings. The Kier molecular flexibility index (Phi) is 3.64. The SMILES string of the molecule is CCCCOc1ccc2c(N)nc(Cl)nc2c1. The number of nitrogen functional groups attached to an aromatic ring is 1. The number of ether oxygens (including phenoxy) is 1. The van der Waals surface area contributed by atoms with Gasteiger partial charge in [-0.15, -0.1) is 0 Å². The van der Waals surface area contributed by atoms with Crippen LogP contribution in [0.15, 0.2) is 18.2 Å². The van der Waals surface area contributed by atoms with Crippen molar-refractivity contribution >= 4 is 28.3 Å². The Hall–Kier alpha value is -1.55. The van der Waals surface area contributed by atoms with E-state index in [4.69, 9.17) is 22.1 Å². The van der Waals surface area contributed by atoms with Gasteiger partial charge in [0.05, 0.1) is 12.1 Å². The van der Waals surface area contributed by atoms with Crippen LogP contribution in [0.2, 0.25) is 5.28 Å². The largest absolute Gasteiger partial charge is 0.494 e. The van der Waals surface area contributed by atoms with Crippen LogP contribution in [0, 0.1) is 0 Å². The molecule has 0 radical (unpaired) electrons. The van der Waals surface area contributed by atoms with Crippen LogP contribution in [0.25, 0.3) is 10.9 Å². The molecule has 0 aliphatic rings. The van der Waals surface area contributed by atoms with Crippen molar-refractivity contribution in [2.45, 2.75) is 19.8 Å². The molecule has 0 unspecified atom stereocenters. The maximum Gasteiger partial charge on any atom is 0.224 e. The molecular weight excluding hydrogens is 238 g/mol. The van der Waals surface area contributed by atoms with Gasteiger partial charge in [0.15, 0.2) is 0 Å². The van der Waals surface area contributed by atoms with Crippen molar-refractivity contribution in [3.05, 3.63) is 23.5 Å². The number of hydrogen-bond acceptors (Lipinski definition) is 4. The van der Waals surface area contributed by atoms with Gasteiger partial charge in [0, 0.05) is 11.5 Å². The number of nitrogens with two attached hydrogens (primary N) is 1. The summed E-state index contributed by atoms with van der Waals surface area (Å²) in [5.41, 5.74) is 6.46. The number of aromatic nitrogens is 2. The first-order valence-corrected chi connectivity index (χ1v) is 5.94. The number of benzene rings is 1. The van der Waals surface area contributed by atoms with Crippen LogP contribution in [0.3, 0.4) is 0 Å². The van der Waals surface area contributed by atoms with Gasteiger partial charge in [-0.2, -0.15) is 0 Å². The molecule has 2 N–H and O–H groups in total. The lowest BCUT2D eigenvalue weighted by Crippen LogP contribution is -1.98. The molecule has 2 aromatic rings. The third-order valence-electron chi connectivity index (χ3n) is 2.44.